The van der Waals surface area contributed by atoms with Crippen molar-refractivity contribution in [2.24, 2.45) is 10.2 Å². The highest BCUT2D eigenvalue weighted by molar-refractivity contribution is 6.13. The van der Waals surface area contributed by atoms with Crippen LogP contribution < -0.4 is 10.6 Å². The fraction of sp³-hybridized carbons (Fsp3) is 0.217. The second kappa shape index (κ2) is 11.4. The molecule has 3 N–H and O–H groups in total. The van der Waals surface area contributed by atoms with E-state index in [-0.39, 0.29) is 44.5 Å². The second-order valence-electron chi connectivity index (χ2n) is 7.09. The van der Waals surface area contributed by atoms with Crippen LogP contribution in [0.2, 0.25) is 0 Å². The molecule has 1 aliphatic heterocycles. The Kier molecular flexibility index (Phi) is 8.14. The van der Waals surface area contributed by atoms with E-state index in [0.717, 1.165) is 10.5 Å². The zero-order valence-electron chi connectivity index (χ0n) is 17.7. The molecule has 10 heteroatoms. The van der Waals surface area contributed by atoms with Crippen molar-refractivity contribution in [1.82, 2.24) is 15.5 Å². The van der Waals surface area contributed by atoms with Crippen molar-refractivity contribution in [2.45, 2.75) is 13.0 Å². The number of amides is 4. The number of aliphatic hydroxyl groups excluding tert-OH is 1. The maximum absolute atomic E-state index is 12.2. The highest BCUT2D eigenvalue weighted by Gasteiger charge is 2.23. The molecule has 0 saturated carbocycles. The predicted octanol–water partition coefficient (Wildman–Crippen LogP) is 1.76. The third-order valence-electron chi connectivity index (χ3n) is 4.73. The van der Waals surface area contributed by atoms with Crippen molar-refractivity contribution in [3.63, 3.8) is 0 Å². The summed E-state index contributed by atoms with van der Waals surface area (Å²) in [5.41, 5.74) is 2.45. The molecule has 170 valence electrons. The average molecular weight is 449 g/mol. The minimum absolute atomic E-state index is 0.00526. The predicted molar refractivity (Wildman–Crippen MR) is 119 cm³/mol. The molecule has 0 saturated heterocycles. The smallest absolute Gasteiger partial charge is 0.253 e. The van der Waals surface area contributed by atoms with Gasteiger partial charge in [0.2, 0.25) is 5.91 Å². The molecule has 0 aliphatic carbocycles. The van der Waals surface area contributed by atoms with E-state index in [0.29, 0.717) is 16.9 Å². The van der Waals surface area contributed by atoms with Crippen molar-refractivity contribution < 1.29 is 24.3 Å². The Morgan fingerprint density at radius 2 is 1.36 bits per heavy atom. The summed E-state index contributed by atoms with van der Waals surface area (Å²) < 4.78 is 0. The van der Waals surface area contributed by atoms with Crippen LogP contribution in [0.25, 0.3) is 0 Å². The molecule has 0 radical (unpaired) electrons. The van der Waals surface area contributed by atoms with Gasteiger partial charge in [0.1, 0.15) is 0 Å². The number of rotatable bonds is 10. The fourth-order valence-corrected chi connectivity index (χ4v) is 2.90. The van der Waals surface area contributed by atoms with Crippen molar-refractivity contribution in [1.29, 1.82) is 0 Å². The number of carbonyl (C=O) groups is 4. The van der Waals surface area contributed by atoms with Crippen LogP contribution in [0.4, 0.5) is 11.4 Å². The molecule has 10 nitrogen and oxygen atoms in total. The monoisotopic (exact) mass is 449 g/mol. The zero-order chi connectivity index (χ0) is 23.6. The first-order valence-corrected chi connectivity index (χ1v) is 10.3. The van der Waals surface area contributed by atoms with E-state index in [4.69, 9.17) is 5.11 Å². The van der Waals surface area contributed by atoms with Crippen molar-refractivity contribution in [3.05, 3.63) is 71.8 Å². The molecule has 1 aliphatic rings. The average Bonchev–Trinajstić information content (AvgIpc) is 3.16. The number of hydrogen-bond donors (Lipinski definition) is 3. The molecule has 1 heterocycles. The third kappa shape index (κ3) is 6.91. The normalized spacial score (nSPS) is 13.1. The van der Waals surface area contributed by atoms with E-state index < -0.39 is 11.8 Å². The third-order valence-corrected chi connectivity index (χ3v) is 4.73. The lowest BCUT2D eigenvalue weighted by Gasteiger charge is -2.13. The SMILES string of the molecule is O=C(CCN1C(=O)C=CC1=O)NCCNC(=O)c1ccc(N=Nc2ccc(CO)cc2)cc1. The van der Waals surface area contributed by atoms with E-state index in [1.807, 2.05) is 0 Å². The molecule has 0 atom stereocenters. The lowest BCUT2D eigenvalue weighted by atomic mass is 10.2. The van der Waals surface area contributed by atoms with Gasteiger partial charge in [-0.1, -0.05) is 12.1 Å². The van der Waals surface area contributed by atoms with Gasteiger partial charge in [0, 0.05) is 43.8 Å². The summed E-state index contributed by atoms with van der Waals surface area (Å²) in [6.07, 6.45) is 2.33. The molecule has 0 fully saturated rings. The van der Waals surface area contributed by atoms with E-state index in [9.17, 15) is 19.2 Å². The molecule has 0 aromatic heterocycles. The summed E-state index contributed by atoms with van der Waals surface area (Å²) in [6, 6.07) is 13.6. The number of hydrogen-bond acceptors (Lipinski definition) is 7. The highest BCUT2D eigenvalue weighted by atomic mass is 16.3. The van der Waals surface area contributed by atoms with Crippen LogP contribution in [-0.4, -0.2) is 53.3 Å². The van der Waals surface area contributed by atoms with Gasteiger partial charge >= 0.3 is 0 Å². The molecular weight excluding hydrogens is 426 g/mol. The molecule has 2 aromatic carbocycles. The lowest BCUT2D eigenvalue weighted by Crippen LogP contribution is -2.37. The molecule has 0 unspecified atom stereocenters. The van der Waals surface area contributed by atoms with Crippen molar-refractivity contribution in [2.75, 3.05) is 19.6 Å². The van der Waals surface area contributed by atoms with Crippen LogP contribution in [0.5, 0.6) is 0 Å². The molecule has 4 amide bonds. The van der Waals surface area contributed by atoms with Gasteiger partial charge in [0.15, 0.2) is 0 Å². The minimum atomic E-state index is -0.427. The number of azo groups is 1. The Bertz CT molecular complexity index is 1060. The number of nitrogens with one attached hydrogen (secondary N) is 2. The van der Waals surface area contributed by atoms with E-state index in [1.54, 1.807) is 48.5 Å². The van der Waals surface area contributed by atoms with Crippen LogP contribution in [0, 0.1) is 0 Å². The molecular formula is C23H23N5O5. The van der Waals surface area contributed by atoms with Gasteiger partial charge < -0.3 is 15.7 Å². The Balaban J connectivity index is 1.37. The Morgan fingerprint density at radius 1 is 0.818 bits per heavy atom. The van der Waals surface area contributed by atoms with E-state index in [2.05, 4.69) is 20.9 Å². The van der Waals surface area contributed by atoms with Gasteiger partial charge in [-0.25, -0.2) is 0 Å². The lowest BCUT2D eigenvalue weighted by molar-refractivity contribution is -0.137. The first kappa shape index (κ1) is 23.5. The Labute approximate surface area is 190 Å². The van der Waals surface area contributed by atoms with Gasteiger partial charge in [-0.3, -0.25) is 24.1 Å². The number of carbonyl (C=O) groups excluding carboxylic acids is 4. The molecule has 33 heavy (non-hydrogen) atoms. The molecule has 0 spiro atoms. The zero-order valence-corrected chi connectivity index (χ0v) is 17.7. The summed E-state index contributed by atoms with van der Waals surface area (Å²) in [5.74, 6) is -1.47. The van der Waals surface area contributed by atoms with Crippen molar-refractivity contribution in [3.8, 4) is 0 Å². The molecule has 2 aromatic rings. The van der Waals surface area contributed by atoms with Gasteiger partial charge in [0.05, 0.1) is 18.0 Å². The maximum Gasteiger partial charge on any atom is 0.253 e. The summed E-state index contributed by atoms with van der Waals surface area (Å²) >= 11 is 0. The van der Waals surface area contributed by atoms with E-state index in [1.165, 1.54) is 12.2 Å². The first-order chi connectivity index (χ1) is 16.0. The topological polar surface area (TPSA) is 141 Å². The Morgan fingerprint density at radius 3 is 1.94 bits per heavy atom. The van der Waals surface area contributed by atoms with Gasteiger partial charge in [0.25, 0.3) is 17.7 Å². The highest BCUT2D eigenvalue weighted by Crippen LogP contribution is 2.19. The second-order valence-corrected chi connectivity index (χ2v) is 7.09. The first-order valence-electron chi connectivity index (χ1n) is 10.3. The largest absolute Gasteiger partial charge is 0.392 e. The summed E-state index contributed by atoms with van der Waals surface area (Å²) in [6.45, 7) is 0.417. The number of benzene rings is 2. The van der Waals surface area contributed by atoms with E-state index >= 15 is 0 Å². The van der Waals surface area contributed by atoms with Crippen LogP contribution in [0.1, 0.15) is 22.3 Å². The number of imide groups is 1. The van der Waals surface area contributed by atoms with Crippen molar-refractivity contribution >= 4 is 35.0 Å². The summed E-state index contributed by atoms with van der Waals surface area (Å²) in [5, 5.41) is 22.6. The van der Waals surface area contributed by atoms with Crippen LogP contribution in [0.15, 0.2) is 70.9 Å². The number of nitrogens with zero attached hydrogens (tertiary/aromatic N) is 3. The summed E-state index contributed by atoms with van der Waals surface area (Å²) in [7, 11) is 0. The quantitative estimate of drug-likeness (QED) is 0.288. The van der Waals surface area contributed by atoms with Gasteiger partial charge in [-0.05, 0) is 42.0 Å². The standard InChI is InChI=1S/C23H23N5O5/c29-15-16-1-5-18(6-2-16)26-27-19-7-3-17(4-8-19)23(33)25-13-12-24-20(30)11-14-28-21(31)9-10-22(28)32/h1-10,29H,11-15H2,(H,24,30)(H,25,33). The Hall–Kier alpha value is -4.18. The van der Waals surface area contributed by atoms with Gasteiger partial charge in [-0.15, -0.1) is 0 Å². The van der Waals surface area contributed by atoms with Gasteiger partial charge in [-0.2, -0.15) is 10.2 Å². The van der Waals surface area contributed by atoms with Crippen LogP contribution in [0.3, 0.4) is 0 Å². The van der Waals surface area contributed by atoms with Crippen LogP contribution in [-0.2, 0) is 21.0 Å². The molecule has 3 rings (SSSR count). The minimum Gasteiger partial charge on any atom is -0.392 e. The maximum atomic E-state index is 12.2. The number of aliphatic hydroxyl groups is 1. The summed E-state index contributed by atoms with van der Waals surface area (Å²) in [4.78, 5) is 47.9. The molecule has 0 bridgehead atoms. The van der Waals surface area contributed by atoms with Crippen LogP contribution >= 0.6 is 0 Å². The fourth-order valence-electron chi connectivity index (χ4n) is 2.90.